The summed E-state index contributed by atoms with van der Waals surface area (Å²) < 4.78 is 10.6. The van der Waals surface area contributed by atoms with Crippen LogP contribution in [0.25, 0.3) is 11.4 Å². The quantitative estimate of drug-likeness (QED) is 0.444. The van der Waals surface area contributed by atoms with Gasteiger partial charge in [0.2, 0.25) is 17.6 Å². The topological polar surface area (TPSA) is 111 Å². The van der Waals surface area contributed by atoms with Crippen molar-refractivity contribution in [2.24, 2.45) is 0 Å². The van der Waals surface area contributed by atoms with Crippen LogP contribution in [0, 0.1) is 0 Å². The number of aromatic nitrogens is 4. The molecule has 1 aliphatic rings. The third kappa shape index (κ3) is 6.20. The highest BCUT2D eigenvalue weighted by atomic mass is 32.1. The molecule has 3 aromatic rings. The second kappa shape index (κ2) is 12.0. The highest BCUT2D eigenvalue weighted by molar-refractivity contribution is 7.09. The molecule has 1 aromatic carbocycles. The predicted molar refractivity (Wildman–Crippen MR) is 136 cm³/mol. The second-order valence-corrected chi connectivity index (χ2v) is 9.87. The summed E-state index contributed by atoms with van der Waals surface area (Å²) in [5, 5.41) is 17.6. The van der Waals surface area contributed by atoms with E-state index in [1.54, 1.807) is 55.6 Å². The van der Waals surface area contributed by atoms with Crippen LogP contribution in [0.3, 0.4) is 0 Å². The summed E-state index contributed by atoms with van der Waals surface area (Å²) in [5.74, 6) is 1.10. The Morgan fingerprint density at radius 1 is 1.17 bits per heavy atom. The van der Waals surface area contributed by atoms with E-state index in [1.165, 1.54) is 11.2 Å². The summed E-state index contributed by atoms with van der Waals surface area (Å²) in [6.07, 6.45) is 5.43. The van der Waals surface area contributed by atoms with Gasteiger partial charge in [-0.2, -0.15) is 4.80 Å². The minimum Gasteiger partial charge on any atom is -0.493 e. The fourth-order valence-corrected chi connectivity index (χ4v) is 5.04. The van der Waals surface area contributed by atoms with Crippen molar-refractivity contribution in [2.45, 2.75) is 64.2 Å². The Bertz CT molecular complexity index is 1160. The number of ether oxygens (including phenoxy) is 2. The number of benzene rings is 1. The number of amides is 2. The molecule has 4 rings (SSSR count). The van der Waals surface area contributed by atoms with Crippen LogP contribution in [0.15, 0.2) is 35.7 Å². The van der Waals surface area contributed by atoms with E-state index in [1.807, 2.05) is 17.5 Å². The van der Waals surface area contributed by atoms with Crippen molar-refractivity contribution in [3.05, 3.63) is 40.6 Å². The first-order valence-electron chi connectivity index (χ1n) is 12.1. The second-order valence-electron chi connectivity index (χ2n) is 8.83. The molecule has 0 radical (unpaired) electrons. The van der Waals surface area contributed by atoms with Gasteiger partial charge in [-0.25, -0.2) is 0 Å². The maximum absolute atomic E-state index is 13.4. The molecule has 10 nitrogen and oxygen atoms in total. The van der Waals surface area contributed by atoms with Gasteiger partial charge < -0.3 is 19.7 Å². The lowest BCUT2D eigenvalue weighted by atomic mass is 9.95. The highest BCUT2D eigenvalue weighted by Crippen LogP contribution is 2.30. The zero-order valence-corrected chi connectivity index (χ0v) is 21.7. The number of carbonyl (C=O) groups is 2. The minimum absolute atomic E-state index is 0.132. The third-order valence-corrected chi connectivity index (χ3v) is 7.26. The summed E-state index contributed by atoms with van der Waals surface area (Å²) in [6, 6.07) is 8.75. The largest absolute Gasteiger partial charge is 0.493 e. The van der Waals surface area contributed by atoms with Crippen molar-refractivity contribution in [1.29, 1.82) is 0 Å². The Balaban J connectivity index is 1.48. The molecule has 1 atom stereocenters. The first-order valence-corrected chi connectivity index (χ1v) is 13.0. The van der Waals surface area contributed by atoms with Crippen molar-refractivity contribution in [3.63, 3.8) is 0 Å². The molecule has 2 aromatic heterocycles. The van der Waals surface area contributed by atoms with Gasteiger partial charge in [0, 0.05) is 16.5 Å². The lowest BCUT2D eigenvalue weighted by molar-refractivity contribution is -0.141. The molecule has 11 heteroatoms. The fourth-order valence-electron chi connectivity index (χ4n) is 4.33. The van der Waals surface area contributed by atoms with E-state index in [9.17, 15) is 9.59 Å². The van der Waals surface area contributed by atoms with Gasteiger partial charge in [0.15, 0.2) is 11.5 Å². The van der Waals surface area contributed by atoms with E-state index in [-0.39, 0.29) is 24.4 Å². The molecule has 1 aliphatic carbocycles. The van der Waals surface area contributed by atoms with Crippen molar-refractivity contribution in [1.82, 2.24) is 30.4 Å². The van der Waals surface area contributed by atoms with Crippen LogP contribution in [0.4, 0.5) is 0 Å². The molecule has 1 N–H and O–H groups in total. The number of carbonyl (C=O) groups excluding carboxylic acids is 2. The highest BCUT2D eigenvalue weighted by Gasteiger charge is 2.29. The van der Waals surface area contributed by atoms with Gasteiger partial charge in [0.25, 0.3) is 0 Å². The van der Waals surface area contributed by atoms with Gasteiger partial charge in [0.05, 0.1) is 20.8 Å². The van der Waals surface area contributed by atoms with Crippen LogP contribution in [0.5, 0.6) is 11.5 Å². The molecule has 0 saturated heterocycles. The number of nitrogens with one attached hydrogen (secondary N) is 1. The summed E-state index contributed by atoms with van der Waals surface area (Å²) >= 11 is 1.55. The standard InChI is InChI=1S/C25H32N6O4S/c1-17(25(33)26-19-8-5-4-6-9-19)30(15-20-10-7-13-36-20)23(32)16-31-28-24(27-29-31)18-11-12-21(34-2)22(14-18)35-3/h7,10-14,17,19H,4-6,8-9,15-16H2,1-3H3,(H,26,33). The van der Waals surface area contributed by atoms with Crippen LogP contribution in [-0.4, -0.2) is 63.2 Å². The Morgan fingerprint density at radius 3 is 2.64 bits per heavy atom. The molecule has 192 valence electrons. The number of hydrogen-bond acceptors (Lipinski definition) is 8. The number of nitrogens with zero attached hydrogens (tertiary/aromatic N) is 5. The van der Waals surface area contributed by atoms with E-state index >= 15 is 0 Å². The Hall–Kier alpha value is -3.47. The van der Waals surface area contributed by atoms with Gasteiger partial charge in [-0.15, -0.1) is 21.5 Å². The summed E-state index contributed by atoms with van der Waals surface area (Å²) in [4.78, 5) is 30.3. The maximum Gasteiger partial charge on any atom is 0.247 e. The third-order valence-electron chi connectivity index (χ3n) is 6.40. The van der Waals surface area contributed by atoms with E-state index < -0.39 is 6.04 Å². The molecular weight excluding hydrogens is 480 g/mol. The van der Waals surface area contributed by atoms with Crippen LogP contribution in [-0.2, 0) is 22.7 Å². The normalized spacial score (nSPS) is 14.8. The number of tetrazole rings is 1. The Kier molecular flexibility index (Phi) is 8.52. The monoisotopic (exact) mass is 512 g/mol. The zero-order chi connectivity index (χ0) is 25.5. The van der Waals surface area contributed by atoms with Crippen LogP contribution < -0.4 is 14.8 Å². The number of hydrogen-bond donors (Lipinski definition) is 1. The number of rotatable bonds is 10. The van der Waals surface area contributed by atoms with E-state index in [0.717, 1.165) is 30.6 Å². The van der Waals surface area contributed by atoms with Gasteiger partial charge in [0.1, 0.15) is 12.6 Å². The molecule has 0 bridgehead atoms. The molecule has 1 saturated carbocycles. The maximum atomic E-state index is 13.4. The SMILES string of the molecule is COc1ccc(-c2nnn(CC(=O)N(Cc3cccs3)C(C)C(=O)NC3CCCCC3)n2)cc1OC. The van der Waals surface area contributed by atoms with Gasteiger partial charge in [-0.1, -0.05) is 25.3 Å². The molecule has 0 aliphatic heterocycles. The molecule has 2 heterocycles. The Labute approximate surface area is 214 Å². The average molecular weight is 513 g/mol. The van der Waals surface area contributed by atoms with Gasteiger partial charge >= 0.3 is 0 Å². The first-order chi connectivity index (χ1) is 17.5. The van der Waals surface area contributed by atoms with Gasteiger partial charge in [-0.05, 0) is 54.6 Å². The molecule has 1 unspecified atom stereocenters. The van der Waals surface area contributed by atoms with Crippen LogP contribution in [0.2, 0.25) is 0 Å². The summed E-state index contributed by atoms with van der Waals surface area (Å²) in [6.45, 7) is 1.98. The number of thiophene rings is 1. The molecule has 1 fully saturated rings. The lowest BCUT2D eigenvalue weighted by Gasteiger charge is -2.30. The van der Waals surface area contributed by atoms with E-state index in [2.05, 4.69) is 20.7 Å². The van der Waals surface area contributed by atoms with Gasteiger partial charge in [-0.3, -0.25) is 9.59 Å². The summed E-state index contributed by atoms with van der Waals surface area (Å²) in [5.41, 5.74) is 0.682. The predicted octanol–water partition coefficient (Wildman–Crippen LogP) is 3.29. The van der Waals surface area contributed by atoms with Crippen LogP contribution in [0.1, 0.15) is 43.9 Å². The van der Waals surface area contributed by atoms with E-state index in [0.29, 0.717) is 29.4 Å². The van der Waals surface area contributed by atoms with Crippen molar-refractivity contribution in [2.75, 3.05) is 14.2 Å². The molecular formula is C25H32N6O4S. The first kappa shape index (κ1) is 25.6. The lowest BCUT2D eigenvalue weighted by Crippen LogP contribution is -2.51. The molecule has 0 spiro atoms. The zero-order valence-electron chi connectivity index (χ0n) is 20.8. The van der Waals surface area contributed by atoms with E-state index in [4.69, 9.17) is 9.47 Å². The Morgan fingerprint density at radius 2 is 1.94 bits per heavy atom. The smallest absolute Gasteiger partial charge is 0.247 e. The van der Waals surface area contributed by atoms with Crippen molar-refractivity contribution in [3.8, 4) is 22.9 Å². The minimum atomic E-state index is -0.629. The van der Waals surface area contributed by atoms with Crippen LogP contribution >= 0.6 is 11.3 Å². The average Bonchev–Trinajstić information content (AvgIpc) is 3.59. The van der Waals surface area contributed by atoms with Crippen molar-refractivity contribution >= 4 is 23.2 Å². The molecule has 2 amide bonds. The number of methoxy groups -OCH3 is 2. The summed E-state index contributed by atoms with van der Waals surface area (Å²) in [7, 11) is 3.12. The van der Waals surface area contributed by atoms with Crippen molar-refractivity contribution < 1.29 is 19.1 Å². The fraction of sp³-hybridized carbons (Fsp3) is 0.480. The molecule has 36 heavy (non-hydrogen) atoms.